The minimum atomic E-state index is -0.00619. The highest BCUT2D eigenvalue weighted by Gasteiger charge is 2.28. The van der Waals surface area contributed by atoms with E-state index in [1.807, 2.05) is 19.1 Å². The molecule has 0 amide bonds. The van der Waals surface area contributed by atoms with Crippen LogP contribution < -0.4 is 5.56 Å². The van der Waals surface area contributed by atoms with Gasteiger partial charge in [0.2, 0.25) is 0 Å². The molecule has 124 valence electrons. The van der Waals surface area contributed by atoms with Crippen LogP contribution in [0.4, 0.5) is 0 Å². The number of likely N-dealkylation sites (tertiary alicyclic amines) is 1. The minimum absolute atomic E-state index is 0.00619. The Balaban J connectivity index is 1.68. The molecule has 5 heteroatoms. The zero-order valence-corrected chi connectivity index (χ0v) is 14.1. The molecule has 0 aromatic carbocycles. The van der Waals surface area contributed by atoms with Crippen molar-refractivity contribution in [2.75, 3.05) is 6.54 Å². The summed E-state index contributed by atoms with van der Waals surface area (Å²) in [5.74, 6) is 0. The van der Waals surface area contributed by atoms with Crippen molar-refractivity contribution in [3.05, 3.63) is 70.0 Å². The zero-order valence-electron chi connectivity index (χ0n) is 14.1. The number of aryl methyl sites for hydroxylation is 2. The number of hydrogen-bond acceptors (Lipinski definition) is 3. The van der Waals surface area contributed by atoms with Gasteiger partial charge in [-0.3, -0.25) is 14.1 Å². The highest BCUT2D eigenvalue weighted by Crippen LogP contribution is 2.32. The van der Waals surface area contributed by atoms with Crippen LogP contribution in [-0.2, 0) is 13.6 Å². The third-order valence-corrected chi connectivity index (χ3v) is 4.99. The van der Waals surface area contributed by atoms with Crippen molar-refractivity contribution < 1.29 is 0 Å². The summed E-state index contributed by atoms with van der Waals surface area (Å²) in [6, 6.07) is 10.2. The molecule has 0 aliphatic carbocycles. The first-order chi connectivity index (χ1) is 11.6. The van der Waals surface area contributed by atoms with E-state index < -0.39 is 0 Å². The predicted molar refractivity (Wildman–Crippen MR) is 94.0 cm³/mol. The van der Waals surface area contributed by atoms with Gasteiger partial charge in [0.1, 0.15) is 5.65 Å². The van der Waals surface area contributed by atoms with Crippen LogP contribution in [0.5, 0.6) is 0 Å². The van der Waals surface area contributed by atoms with Crippen LogP contribution in [0.2, 0.25) is 0 Å². The highest BCUT2D eigenvalue weighted by molar-refractivity contribution is 5.46. The van der Waals surface area contributed by atoms with E-state index in [1.165, 1.54) is 12.1 Å². The number of aromatic nitrogens is 3. The Kier molecular flexibility index (Phi) is 3.73. The van der Waals surface area contributed by atoms with Gasteiger partial charge in [0.15, 0.2) is 0 Å². The third kappa shape index (κ3) is 2.55. The molecule has 1 fully saturated rings. The van der Waals surface area contributed by atoms with E-state index in [2.05, 4.69) is 34.8 Å². The number of hydrogen-bond donors (Lipinski definition) is 0. The minimum Gasteiger partial charge on any atom is -0.353 e. The van der Waals surface area contributed by atoms with Gasteiger partial charge in [-0.05, 0) is 50.1 Å². The van der Waals surface area contributed by atoms with Gasteiger partial charge in [0.25, 0.3) is 5.56 Å². The van der Waals surface area contributed by atoms with E-state index in [1.54, 1.807) is 16.7 Å². The Morgan fingerprint density at radius 3 is 2.88 bits per heavy atom. The smallest absolute Gasteiger partial charge is 0.258 e. The molecule has 1 aliphatic heterocycles. The number of nitrogens with zero attached hydrogens (tertiary/aromatic N) is 4. The Labute approximate surface area is 141 Å². The zero-order chi connectivity index (χ0) is 16.7. The van der Waals surface area contributed by atoms with Crippen LogP contribution in [0.15, 0.2) is 47.5 Å². The molecule has 0 radical (unpaired) electrons. The van der Waals surface area contributed by atoms with Gasteiger partial charge in [-0.25, -0.2) is 4.98 Å². The molecule has 5 nitrogen and oxygen atoms in total. The van der Waals surface area contributed by atoms with E-state index in [0.717, 1.165) is 36.4 Å². The lowest BCUT2D eigenvalue weighted by atomic mass is 10.1. The summed E-state index contributed by atoms with van der Waals surface area (Å²) in [5.41, 5.74) is 3.97. The van der Waals surface area contributed by atoms with Gasteiger partial charge < -0.3 is 4.57 Å². The van der Waals surface area contributed by atoms with Crippen LogP contribution in [0.25, 0.3) is 5.65 Å². The fourth-order valence-corrected chi connectivity index (χ4v) is 3.77. The maximum Gasteiger partial charge on any atom is 0.258 e. The molecule has 0 spiro atoms. The van der Waals surface area contributed by atoms with Crippen LogP contribution in [0.1, 0.15) is 35.8 Å². The molecule has 0 saturated carbocycles. The van der Waals surface area contributed by atoms with E-state index >= 15 is 0 Å². The molecule has 4 heterocycles. The lowest BCUT2D eigenvalue weighted by Gasteiger charge is -2.24. The van der Waals surface area contributed by atoms with Crippen molar-refractivity contribution in [1.29, 1.82) is 0 Å². The summed E-state index contributed by atoms with van der Waals surface area (Å²) < 4.78 is 3.81. The first-order valence-corrected chi connectivity index (χ1v) is 8.46. The molecule has 0 bridgehead atoms. The van der Waals surface area contributed by atoms with Crippen molar-refractivity contribution in [2.24, 2.45) is 7.05 Å². The largest absolute Gasteiger partial charge is 0.353 e. The molecule has 1 saturated heterocycles. The molecule has 1 atom stereocenters. The monoisotopic (exact) mass is 322 g/mol. The van der Waals surface area contributed by atoms with Gasteiger partial charge in [0.05, 0.1) is 11.7 Å². The molecule has 3 aromatic heterocycles. The molecule has 0 unspecified atom stereocenters. The molecular weight excluding hydrogens is 300 g/mol. The molecule has 4 rings (SSSR count). The van der Waals surface area contributed by atoms with Crippen molar-refractivity contribution in [2.45, 2.75) is 32.4 Å². The topological polar surface area (TPSA) is 42.5 Å². The number of fused-ring (bicyclic) bond motifs is 1. The van der Waals surface area contributed by atoms with Gasteiger partial charge >= 0.3 is 0 Å². The number of pyridine rings is 1. The fraction of sp³-hybridized carbons (Fsp3) is 0.368. The first kappa shape index (κ1) is 15.1. The third-order valence-electron chi connectivity index (χ3n) is 4.99. The van der Waals surface area contributed by atoms with Gasteiger partial charge in [0, 0.05) is 37.7 Å². The Morgan fingerprint density at radius 1 is 1.25 bits per heavy atom. The van der Waals surface area contributed by atoms with Crippen molar-refractivity contribution >= 4 is 5.65 Å². The maximum absolute atomic E-state index is 12.4. The summed E-state index contributed by atoms with van der Waals surface area (Å²) in [4.78, 5) is 19.6. The lowest BCUT2D eigenvalue weighted by Crippen LogP contribution is -2.26. The van der Waals surface area contributed by atoms with Crippen molar-refractivity contribution in [3.63, 3.8) is 0 Å². The van der Waals surface area contributed by atoms with E-state index in [4.69, 9.17) is 4.98 Å². The second-order valence-corrected chi connectivity index (χ2v) is 6.64. The quantitative estimate of drug-likeness (QED) is 0.744. The van der Waals surface area contributed by atoms with E-state index in [0.29, 0.717) is 6.04 Å². The van der Waals surface area contributed by atoms with Crippen LogP contribution in [0.3, 0.4) is 0 Å². The van der Waals surface area contributed by atoms with Crippen LogP contribution in [0, 0.1) is 6.92 Å². The Morgan fingerprint density at radius 2 is 2.08 bits per heavy atom. The summed E-state index contributed by atoms with van der Waals surface area (Å²) >= 11 is 0. The van der Waals surface area contributed by atoms with Gasteiger partial charge in [-0.2, -0.15) is 0 Å². The number of rotatable bonds is 3. The van der Waals surface area contributed by atoms with Gasteiger partial charge in [-0.1, -0.05) is 6.07 Å². The highest BCUT2D eigenvalue weighted by atomic mass is 16.1. The molecule has 24 heavy (non-hydrogen) atoms. The SMILES string of the molecule is Cc1cccn2c(=O)cc(CN3CCC[C@H]3c3cccn3C)nc12. The van der Waals surface area contributed by atoms with E-state index in [9.17, 15) is 4.79 Å². The summed E-state index contributed by atoms with van der Waals surface area (Å²) in [5, 5.41) is 0. The van der Waals surface area contributed by atoms with Gasteiger partial charge in [-0.15, -0.1) is 0 Å². The average Bonchev–Trinajstić information content (AvgIpc) is 3.17. The first-order valence-electron chi connectivity index (χ1n) is 8.46. The Bertz CT molecular complexity index is 940. The fourth-order valence-electron chi connectivity index (χ4n) is 3.77. The molecule has 3 aromatic rings. The Hall–Kier alpha value is -2.40. The average molecular weight is 322 g/mol. The second kappa shape index (κ2) is 5.91. The van der Waals surface area contributed by atoms with Crippen LogP contribution >= 0.6 is 0 Å². The molecular formula is C19H22N4O. The summed E-state index contributed by atoms with van der Waals surface area (Å²) in [7, 11) is 2.09. The van der Waals surface area contributed by atoms with Crippen molar-refractivity contribution in [1.82, 2.24) is 18.9 Å². The summed E-state index contributed by atoms with van der Waals surface area (Å²) in [6.45, 7) is 3.76. The van der Waals surface area contributed by atoms with Crippen LogP contribution in [-0.4, -0.2) is 25.4 Å². The molecule has 0 N–H and O–H groups in total. The molecule has 1 aliphatic rings. The maximum atomic E-state index is 12.4. The van der Waals surface area contributed by atoms with E-state index in [-0.39, 0.29) is 5.56 Å². The standard InChI is InChI=1S/C19H22N4O/c1-14-6-3-11-23-18(24)12-15(20-19(14)23)13-22-10-5-8-17(22)16-7-4-9-21(16)2/h3-4,6-7,9,11-12,17H,5,8,10,13H2,1-2H3/t17-/m0/s1. The lowest BCUT2D eigenvalue weighted by molar-refractivity contribution is 0.238. The van der Waals surface area contributed by atoms with Crippen molar-refractivity contribution in [3.8, 4) is 0 Å². The predicted octanol–water partition coefficient (Wildman–Crippen LogP) is 2.68. The normalized spacial score (nSPS) is 18.5. The summed E-state index contributed by atoms with van der Waals surface area (Å²) in [6.07, 6.45) is 6.21. The second-order valence-electron chi connectivity index (χ2n) is 6.64.